The molecule has 1 aromatic rings. The van der Waals surface area contributed by atoms with Gasteiger partial charge in [-0.15, -0.1) is 0 Å². The lowest BCUT2D eigenvalue weighted by atomic mass is 9.50. The number of alkyl halides is 3. The molecule has 5 aliphatic rings. The van der Waals surface area contributed by atoms with E-state index in [1.54, 1.807) is 4.90 Å². The van der Waals surface area contributed by atoms with Crippen molar-refractivity contribution in [3.05, 3.63) is 29.8 Å². The van der Waals surface area contributed by atoms with Crippen LogP contribution in [-0.4, -0.2) is 49.4 Å². The monoisotopic (exact) mass is 510 g/mol. The molecule has 0 radical (unpaired) electrons. The van der Waals surface area contributed by atoms with Gasteiger partial charge in [-0.05, 0) is 87.5 Å². The molecule has 1 saturated heterocycles. The van der Waals surface area contributed by atoms with Gasteiger partial charge in [0.2, 0.25) is 15.9 Å². The number of hydrogen-bond acceptors (Lipinski definition) is 5. The normalized spacial score (nSPS) is 34.2. The molecule has 1 heterocycles. The van der Waals surface area contributed by atoms with Gasteiger partial charge in [-0.2, -0.15) is 18.4 Å². The first-order chi connectivity index (χ1) is 16.4. The summed E-state index contributed by atoms with van der Waals surface area (Å²) < 4.78 is 67.9. The van der Waals surface area contributed by atoms with Crippen molar-refractivity contribution in [1.29, 1.82) is 5.26 Å². The van der Waals surface area contributed by atoms with E-state index in [4.69, 9.17) is 0 Å². The maximum atomic E-state index is 13.2. The Morgan fingerprint density at radius 2 is 1.74 bits per heavy atom. The molecule has 2 unspecified atom stereocenters. The van der Waals surface area contributed by atoms with E-state index in [1.807, 2.05) is 0 Å². The van der Waals surface area contributed by atoms with E-state index in [0.717, 1.165) is 49.9 Å². The van der Waals surface area contributed by atoms with Crippen molar-refractivity contribution in [3.63, 3.8) is 0 Å². The first-order valence-corrected chi connectivity index (χ1v) is 13.6. The van der Waals surface area contributed by atoms with Crippen LogP contribution in [0.2, 0.25) is 0 Å². The van der Waals surface area contributed by atoms with Crippen LogP contribution >= 0.6 is 0 Å². The largest absolute Gasteiger partial charge is 0.416 e. The molecule has 0 spiro atoms. The molecule has 11 heteroatoms. The lowest BCUT2D eigenvalue weighted by molar-refractivity contribution is -0.137. The highest BCUT2D eigenvalue weighted by Crippen LogP contribution is 2.57. The molecule has 1 amide bonds. The SMILES string of the molecule is N#C[C@@H]1CCCN1C(=O)CNC12CC3CC(C1)CC(NS(=O)(=O)c1ccc(C(F)(F)F)cc1)(C3)C2. The second-order valence-electron chi connectivity index (χ2n) is 10.9. The number of halogens is 3. The number of nitrogens with one attached hydrogen (secondary N) is 2. The number of rotatable bonds is 6. The van der Waals surface area contributed by atoms with Gasteiger partial charge in [0.05, 0.1) is 23.1 Å². The molecule has 2 N–H and O–H groups in total. The first-order valence-electron chi connectivity index (χ1n) is 12.1. The quantitative estimate of drug-likeness (QED) is 0.612. The second-order valence-corrected chi connectivity index (χ2v) is 12.6. The second kappa shape index (κ2) is 8.46. The van der Waals surface area contributed by atoms with Crippen LogP contribution in [0.15, 0.2) is 29.2 Å². The van der Waals surface area contributed by atoms with E-state index >= 15 is 0 Å². The van der Waals surface area contributed by atoms with Crippen molar-refractivity contribution in [2.45, 2.75) is 79.6 Å². The van der Waals surface area contributed by atoms with E-state index in [9.17, 15) is 31.6 Å². The summed E-state index contributed by atoms with van der Waals surface area (Å²) in [7, 11) is -4.02. The zero-order valence-corrected chi connectivity index (χ0v) is 20.1. The molecule has 35 heavy (non-hydrogen) atoms. The van der Waals surface area contributed by atoms with Gasteiger partial charge >= 0.3 is 6.18 Å². The number of hydrogen-bond donors (Lipinski definition) is 2. The number of sulfonamides is 1. The van der Waals surface area contributed by atoms with E-state index in [2.05, 4.69) is 16.1 Å². The Kier molecular flexibility index (Phi) is 5.93. The Balaban J connectivity index is 1.31. The highest BCUT2D eigenvalue weighted by atomic mass is 32.2. The molecule has 3 atom stereocenters. The standard InChI is InChI=1S/C24H29F3N4O3S/c25-24(26,27)18-3-5-20(6-4-18)35(33,34)30-23-11-16-8-17(12-23)10-22(9-16,15-23)29-14-21(32)31-7-1-2-19(31)13-28/h3-6,16-17,19,29-30H,1-2,7-12,14-15H2/t16?,17?,19-,22?,23?/m0/s1. The molecule has 7 nitrogen and oxygen atoms in total. The number of carbonyl (C=O) groups is 1. The van der Waals surface area contributed by atoms with Crippen molar-refractivity contribution in [3.8, 4) is 6.07 Å². The minimum absolute atomic E-state index is 0.107. The fourth-order valence-corrected chi connectivity index (χ4v) is 8.74. The maximum Gasteiger partial charge on any atom is 0.416 e. The number of benzene rings is 1. The lowest BCUT2D eigenvalue weighted by Gasteiger charge is -2.62. The number of nitrogens with zero attached hydrogens (tertiary/aromatic N) is 2. The van der Waals surface area contributed by atoms with Crippen molar-refractivity contribution < 1.29 is 26.4 Å². The molecule has 5 fully saturated rings. The van der Waals surface area contributed by atoms with Crippen molar-refractivity contribution >= 4 is 15.9 Å². The fraction of sp³-hybridized carbons (Fsp3) is 0.667. The van der Waals surface area contributed by atoms with Crippen LogP contribution < -0.4 is 10.0 Å². The Morgan fingerprint density at radius 3 is 2.34 bits per heavy atom. The van der Waals surface area contributed by atoms with Crippen molar-refractivity contribution in [2.24, 2.45) is 11.8 Å². The van der Waals surface area contributed by atoms with Crippen molar-refractivity contribution in [1.82, 2.24) is 14.9 Å². The number of likely N-dealkylation sites (tertiary alicyclic amines) is 1. The van der Waals surface area contributed by atoms with E-state index in [-0.39, 0.29) is 28.9 Å². The van der Waals surface area contributed by atoms with Crippen LogP contribution in [0.1, 0.15) is 56.9 Å². The Morgan fingerprint density at radius 1 is 1.11 bits per heavy atom. The number of nitriles is 1. The maximum absolute atomic E-state index is 13.2. The van der Waals surface area contributed by atoms with E-state index in [0.29, 0.717) is 44.1 Å². The third kappa shape index (κ3) is 4.68. The molecule has 6 rings (SSSR count). The third-order valence-electron chi connectivity index (χ3n) is 8.24. The smallest absolute Gasteiger partial charge is 0.326 e. The van der Waals surface area contributed by atoms with E-state index < -0.39 is 27.3 Å². The minimum atomic E-state index is -4.53. The minimum Gasteiger partial charge on any atom is -0.326 e. The van der Waals surface area contributed by atoms with Gasteiger partial charge in [0.1, 0.15) is 6.04 Å². The average molecular weight is 511 g/mol. The van der Waals surface area contributed by atoms with Crippen LogP contribution in [0.4, 0.5) is 13.2 Å². The topological polar surface area (TPSA) is 102 Å². The summed E-state index contributed by atoms with van der Waals surface area (Å²) in [5.74, 6) is 0.518. The van der Waals surface area contributed by atoms with Crippen LogP contribution in [-0.2, 0) is 21.0 Å². The Labute approximate surface area is 203 Å². The van der Waals surface area contributed by atoms with Crippen LogP contribution in [0.3, 0.4) is 0 Å². The Bertz CT molecular complexity index is 1130. The van der Waals surface area contributed by atoms with Gasteiger partial charge in [0, 0.05) is 17.6 Å². The van der Waals surface area contributed by atoms with Crippen LogP contribution in [0.5, 0.6) is 0 Å². The van der Waals surface area contributed by atoms with Gasteiger partial charge in [-0.25, -0.2) is 13.1 Å². The lowest BCUT2D eigenvalue weighted by Crippen LogP contribution is -2.69. The molecule has 1 aliphatic heterocycles. The van der Waals surface area contributed by atoms with Crippen LogP contribution in [0.25, 0.3) is 0 Å². The fourth-order valence-electron chi connectivity index (χ4n) is 7.32. The van der Waals surface area contributed by atoms with Gasteiger partial charge < -0.3 is 10.2 Å². The Hall–Kier alpha value is -2.16. The molecule has 4 saturated carbocycles. The first kappa shape index (κ1) is 24.5. The number of carbonyl (C=O) groups excluding carboxylic acids is 1. The van der Waals surface area contributed by atoms with Crippen LogP contribution in [0, 0.1) is 23.2 Å². The van der Waals surface area contributed by atoms with Crippen molar-refractivity contribution in [2.75, 3.05) is 13.1 Å². The molecular weight excluding hydrogens is 481 g/mol. The van der Waals surface area contributed by atoms with Gasteiger partial charge in [-0.3, -0.25) is 4.79 Å². The predicted octanol–water partition coefficient (Wildman–Crippen LogP) is 3.18. The summed E-state index contributed by atoms with van der Waals surface area (Å²) >= 11 is 0. The molecule has 4 bridgehead atoms. The summed E-state index contributed by atoms with van der Waals surface area (Å²) in [6.45, 7) is 0.688. The summed E-state index contributed by atoms with van der Waals surface area (Å²) in [4.78, 5) is 14.3. The zero-order valence-electron chi connectivity index (χ0n) is 19.3. The summed E-state index contributed by atoms with van der Waals surface area (Å²) in [6.07, 6.45) is 1.61. The summed E-state index contributed by atoms with van der Waals surface area (Å²) in [6, 6.07) is 5.37. The highest BCUT2D eigenvalue weighted by molar-refractivity contribution is 7.89. The summed E-state index contributed by atoms with van der Waals surface area (Å²) in [5.41, 5.74) is -1.95. The van der Waals surface area contributed by atoms with Gasteiger partial charge in [0.15, 0.2) is 0 Å². The molecule has 190 valence electrons. The summed E-state index contributed by atoms with van der Waals surface area (Å²) in [5, 5.41) is 12.8. The molecule has 1 aromatic carbocycles. The van der Waals surface area contributed by atoms with E-state index in [1.165, 1.54) is 0 Å². The number of amides is 1. The van der Waals surface area contributed by atoms with Gasteiger partial charge in [0.25, 0.3) is 0 Å². The predicted molar refractivity (Wildman–Crippen MR) is 120 cm³/mol. The van der Waals surface area contributed by atoms with Gasteiger partial charge in [-0.1, -0.05) is 0 Å². The third-order valence-corrected chi connectivity index (χ3v) is 9.84. The average Bonchev–Trinajstić information content (AvgIpc) is 3.24. The zero-order chi connectivity index (χ0) is 25.1. The molecule has 0 aromatic heterocycles. The molecule has 4 aliphatic carbocycles. The molecular formula is C24H29F3N4O3S. The highest BCUT2D eigenvalue weighted by Gasteiger charge is 2.58.